The molecule has 0 unspecified atom stereocenters. The zero-order chi connectivity index (χ0) is 12.7. The van der Waals surface area contributed by atoms with E-state index in [0.29, 0.717) is 11.3 Å². The van der Waals surface area contributed by atoms with Crippen LogP contribution < -0.4 is 0 Å². The molecule has 0 aromatic heterocycles. The summed E-state index contributed by atoms with van der Waals surface area (Å²) in [5, 5.41) is 8.95. The van der Waals surface area contributed by atoms with Crippen molar-refractivity contribution >= 4 is 23.2 Å². The smallest absolute Gasteiger partial charge is 0.335 e. The number of hydrogen-bond acceptors (Lipinski definition) is 3. The molecule has 1 fully saturated rings. The molecular formula is C14H13NO3. The Kier molecular flexibility index (Phi) is 2.51. The lowest BCUT2D eigenvalue weighted by molar-refractivity contribution is 0.0696. The van der Waals surface area contributed by atoms with Gasteiger partial charge >= 0.3 is 5.97 Å². The average molecular weight is 243 g/mol. The molecule has 0 amide bonds. The Balaban J connectivity index is 2.11. The molecule has 1 saturated carbocycles. The average Bonchev–Trinajstić information content (AvgIpc) is 2.38. The van der Waals surface area contributed by atoms with Crippen molar-refractivity contribution in [3.63, 3.8) is 0 Å². The highest BCUT2D eigenvalue weighted by Crippen LogP contribution is 2.35. The van der Waals surface area contributed by atoms with Crippen molar-refractivity contribution < 1.29 is 14.7 Å². The molecule has 18 heavy (non-hydrogen) atoms. The van der Waals surface area contributed by atoms with Gasteiger partial charge in [-0.1, -0.05) is 6.42 Å². The molecule has 1 aromatic carbocycles. The zero-order valence-electron chi connectivity index (χ0n) is 9.85. The first-order valence-electron chi connectivity index (χ1n) is 6.16. The Hall–Kier alpha value is -1.97. The number of carboxylic acids is 1. The fraction of sp³-hybridized carbons (Fsp3) is 0.357. The Morgan fingerprint density at radius 1 is 1.33 bits per heavy atom. The molecule has 0 saturated heterocycles. The van der Waals surface area contributed by atoms with Crippen LogP contribution >= 0.6 is 0 Å². The number of ketones is 1. The van der Waals surface area contributed by atoms with E-state index in [-0.39, 0.29) is 17.3 Å². The number of hydrogen-bond donors (Lipinski definition) is 1. The molecule has 92 valence electrons. The fourth-order valence-electron chi connectivity index (χ4n) is 2.72. The maximum absolute atomic E-state index is 12.3. The lowest BCUT2D eigenvalue weighted by Crippen LogP contribution is -2.30. The van der Waals surface area contributed by atoms with Crippen molar-refractivity contribution in [1.82, 2.24) is 0 Å². The molecular weight excluding hydrogens is 230 g/mol. The third-order valence-corrected chi connectivity index (χ3v) is 3.67. The van der Waals surface area contributed by atoms with Gasteiger partial charge in [-0.2, -0.15) is 0 Å². The minimum absolute atomic E-state index is 0.0677. The van der Waals surface area contributed by atoms with Crippen molar-refractivity contribution in [3.8, 4) is 0 Å². The van der Waals surface area contributed by atoms with E-state index in [1.165, 1.54) is 12.1 Å². The molecule has 4 nitrogen and oxygen atoms in total. The van der Waals surface area contributed by atoms with E-state index in [4.69, 9.17) is 5.11 Å². The maximum atomic E-state index is 12.3. The van der Waals surface area contributed by atoms with Crippen LogP contribution in [0.1, 0.15) is 46.4 Å². The van der Waals surface area contributed by atoms with Crippen molar-refractivity contribution in [2.24, 2.45) is 10.9 Å². The Labute approximate surface area is 104 Å². The lowest BCUT2D eigenvalue weighted by Gasteiger charge is -2.27. The number of nitrogens with zero attached hydrogens (tertiary/aromatic N) is 1. The highest BCUT2D eigenvalue weighted by atomic mass is 16.4. The highest BCUT2D eigenvalue weighted by molar-refractivity contribution is 6.18. The number of aliphatic imine (C=N–C) groups is 1. The standard InChI is InChI=1S/C14H13NO3/c16-13-9-3-1-2-4-11(9)15-12-7-8(14(17)18)5-6-10(12)13/h5-7,9H,1-4H2,(H,17,18)/t9-/m1/s1. The van der Waals surface area contributed by atoms with Gasteiger partial charge in [-0.05, 0) is 37.5 Å². The predicted octanol–water partition coefficient (Wildman–Crippen LogP) is 2.84. The number of aromatic carboxylic acids is 1. The Bertz CT molecular complexity index is 574. The monoisotopic (exact) mass is 243 g/mol. The van der Waals surface area contributed by atoms with Crippen LogP contribution in [0.15, 0.2) is 23.2 Å². The number of carbonyl (C=O) groups is 2. The first-order chi connectivity index (χ1) is 8.66. The van der Waals surface area contributed by atoms with Crippen molar-refractivity contribution in [2.75, 3.05) is 0 Å². The first-order valence-corrected chi connectivity index (χ1v) is 6.16. The predicted molar refractivity (Wildman–Crippen MR) is 66.8 cm³/mol. The van der Waals surface area contributed by atoms with E-state index in [2.05, 4.69) is 4.99 Å². The van der Waals surface area contributed by atoms with E-state index in [1.807, 2.05) is 0 Å². The van der Waals surface area contributed by atoms with Gasteiger partial charge in [0.15, 0.2) is 5.78 Å². The van der Waals surface area contributed by atoms with E-state index < -0.39 is 5.97 Å². The molecule has 0 radical (unpaired) electrons. The molecule has 1 N–H and O–H groups in total. The minimum Gasteiger partial charge on any atom is -0.478 e. The normalized spacial score (nSPS) is 21.9. The number of fused-ring (bicyclic) bond motifs is 2. The Morgan fingerprint density at radius 3 is 2.94 bits per heavy atom. The lowest BCUT2D eigenvalue weighted by atomic mass is 9.79. The van der Waals surface area contributed by atoms with Gasteiger partial charge in [0.25, 0.3) is 0 Å². The fourth-order valence-corrected chi connectivity index (χ4v) is 2.72. The van der Waals surface area contributed by atoms with E-state index in [0.717, 1.165) is 31.4 Å². The summed E-state index contributed by atoms with van der Waals surface area (Å²) in [4.78, 5) is 27.7. The van der Waals surface area contributed by atoms with E-state index in [9.17, 15) is 9.59 Å². The second kappa shape index (κ2) is 4.05. The molecule has 3 rings (SSSR count). The summed E-state index contributed by atoms with van der Waals surface area (Å²) < 4.78 is 0. The number of rotatable bonds is 1. The van der Waals surface area contributed by atoms with E-state index >= 15 is 0 Å². The van der Waals surface area contributed by atoms with Crippen molar-refractivity contribution in [3.05, 3.63) is 29.3 Å². The minimum atomic E-state index is -0.990. The van der Waals surface area contributed by atoms with Gasteiger partial charge in [0.1, 0.15) is 0 Å². The number of carboxylic acid groups (broad SMARTS) is 1. The quantitative estimate of drug-likeness (QED) is 0.824. The van der Waals surface area contributed by atoms with Gasteiger partial charge in [0, 0.05) is 11.3 Å². The number of Topliss-reactive ketones (excluding diaryl/α,β-unsaturated/α-hetero) is 1. The molecule has 4 heteroatoms. The van der Waals surface area contributed by atoms with Crippen LogP contribution in [-0.4, -0.2) is 22.6 Å². The van der Waals surface area contributed by atoms with Gasteiger partial charge in [0.2, 0.25) is 0 Å². The van der Waals surface area contributed by atoms with Crippen LogP contribution in [0.2, 0.25) is 0 Å². The third kappa shape index (κ3) is 1.65. The van der Waals surface area contributed by atoms with Crippen LogP contribution in [0.25, 0.3) is 0 Å². The van der Waals surface area contributed by atoms with Gasteiger partial charge < -0.3 is 5.11 Å². The Morgan fingerprint density at radius 2 is 2.17 bits per heavy atom. The SMILES string of the molecule is O=C(O)c1ccc2c(c1)N=C1CCCC[C@H]1C2=O. The molecule has 0 spiro atoms. The number of carbonyl (C=O) groups excluding carboxylic acids is 1. The van der Waals surface area contributed by atoms with Crippen molar-refractivity contribution in [2.45, 2.75) is 25.7 Å². The zero-order valence-corrected chi connectivity index (χ0v) is 9.85. The molecule has 2 aliphatic rings. The first kappa shape index (κ1) is 11.1. The summed E-state index contributed by atoms with van der Waals surface area (Å²) in [6, 6.07) is 4.56. The van der Waals surface area contributed by atoms with Gasteiger partial charge in [0.05, 0.1) is 17.2 Å². The van der Waals surface area contributed by atoms with Crippen LogP contribution in [0.5, 0.6) is 0 Å². The molecule has 0 bridgehead atoms. The van der Waals surface area contributed by atoms with Gasteiger partial charge in [-0.25, -0.2) is 4.79 Å². The van der Waals surface area contributed by atoms with Crippen molar-refractivity contribution in [1.29, 1.82) is 0 Å². The third-order valence-electron chi connectivity index (χ3n) is 3.67. The van der Waals surface area contributed by atoms with Crippen LogP contribution in [0, 0.1) is 5.92 Å². The van der Waals surface area contributed by atoms with Crippen LogP contribution in [-0.2, 0) is 0 Å². The van der Waals surface area contributed by atoms with Crippen LogP contribution in [0.3, 0.4) is 0 Å². The summed E-state index contributed by atoms with van der Waals surface area (Å²) in [6.07, 6.45) is 3.86. The topological polar surface area (TPSA) is 66.7 Å². The molecule has 1 heterocycles. The molecule has 1 aliphatic carbocycles. The highest BCUT2D eigenvalue weighted by Gasteiger charge is 2.33. The second-order valence-corrected chi connectivity index (χ2v) is 4.80. The second-order valence-electron chi connectivity index (χ2n) is 4.80. The summed E-state index contributed by atoms with van der Waals surface area (Å²) in [6.45, 7) is 0. The van der Waals surface area contributed by atoms with Gasteiger partial charge in [-0.3, -0.25) is 9.79 Å². The van der Waals surface area contributed by atoms with E-state index in [1.54, 1.807) is 6.07 Å². The molecule has 1 aliphatic heterocycles. The molecule has 1 aromatic rings. The van der Waals surface area contributed by atoms with Crippen LogP contribution in [0.4, 0.5) is 5.69 Å². The summed E-state index contributed by atoms with van der Waals surface area (Å²) in [7, 11) is 0. The molecule has 1 atom stereocenters. The largest absolute Gasteiger partial charge is 0.478 e. The summed E-state index contributed by atoms with van der Waals surface area (Å²) in [5.41, 5.74) is 2.20. The maximum Gasteiger partial charge on any atom is 0.335 e. The summed E-state index contributed by atoms with van der Waals surface area (Å²) in [5.74, 6) is -0.954. The summed E-state index contributed by atoms with van der Waals surface area (Å²) >= 11 is 0. The number of benzene rings is 1. The van der Waals surface area contributed by atoms with Gasteiger partial charge in [-0.15, -0.1) is 0 Å².